The van der Waals surface area contributed by atoms with Crippen LogP contribution >= 0.6 is 0 Å². The topological polar surface area (TPSA) is 93.3 Å². The molecule has 2 amide bonds. The van der Waals surface area contributed by atoms with Gasteiger partial charge in [0.15, 0.2) is 5.69 Å². The summed E-state index contributed by atoms with van der Waals surface area (Å²) in [6.07, 6.45) is 5.38. The molecule has 1 spiro atoms. The summed E-state index contributed by atoms with van der Waals surface area (Å²) in [6.45, 7) is 0.422. The summed E-state index contributed by atoms with van der Waals surface area (Å²) in [7, 11) is 1.87. The maximum Gasteiger partial charge on any atom is 0.276 e. The van der Waals surface area contributed by atoms with Gasteiger partial charge in [-0.15, -0.1) is 0 Å². The van der Waals surface area contributed by atoms with E-state index in [0.717, 1.165) is 11.3 Å². The van der Waals surface area contributed by atoms with E-state index in [2.05, 4.69) is 15.5 Å². The number of likely N-dealkylation sites (tertiary alicyclic amines) is 1. The van der Waals surface area contributed by atoms with Crippen molar-refractivity contribution in [3.63, 3.8) is 0 Å². The first-order chi connectivity index (χ1) is 13.1. The molecule has 136 valence electrons. The highest BCUT2D eigenvalue weighted by atomic mass is 16.5. The molecular formula is C19H17N5O3. The Morgan fingerprint density at radius 3 is 2.93 bits per heavy atom. The quantitative estimate of drug-likeness (QED) is 0.750. The predicted octanol–water partition coefficient (Wildman–Crippen LogP) is 1.89. The minimum atomic E-state index is -0.880. The lowest BCUT2D eigenvalue weighted by molar-refractivity contribution is -0.121. The fraction of sp³-hybridized carbons (Fsp3) is 0.263. The summed E-state index contributed by atoms with van der Waals surface area (Å²) >= 11 is 0. The van der Waals surface area contributed by atoms with Crippen LogP contribution in [0.5, 0.6) is 0 Å². The van der Waals surface area contributed by atoms with Crippen LogP contribution in [-0.2, 0) is 17.3 Å². The van der Waals surface area contributed by atoms with Crippen LogP contribution in [0.15, 0.2) is 53.5 Å². The van der Waals surface area contributed by atoms with E-state index in [0.29, 0.717) is 18.8 Å². The van der Waals surface area contributed by atoms with Crippen molar-refractivity contribution < 1.29 is 14.1 Å². The van der Waals surface area contributed by atoms with Crippen LogP contribution in [0.3, 0.4) is 0 Å². The smallest absolute Gasteiger partial charge is 0.276 e. The lowest BCUT2D eigenvalue weighted by Gasteiger charge is -2.33. The number of carbonyl (C=O) groups excluding carboxylic acids is 2. The number of hydrogen-bond donors (Lipinski definition) is 1. The van der Waals surface area contributed by atoms with Gasteiger partial charge in [-0.25, -0.2) is 4.98 Å². The number of fused-ring (bicyclic) bond motifs is 2. The standard InChI is InChI=1S/C19H17N5O3/c1-23-10-8-20-16(23)15-19(12-4-2-3-5-13(12)21-18(19)26)7-9-24(15)17(25)14-6-11-27-22-14/h2-6,8,10-11,15H,7,9H2,1H3,(H,21,26)/t15-,19+/m0/s1. The molecule has 0 unspecified atom stereocenters. The van der Waals surface area contributed by atoms with E-state index in [1.807, 2.05) is 42.1 Å². The Hall–Kier alpha value is -3.42. The van der Waals surface area contributed by atoms with Gasteiger partial charge in [-0.2, -0.15) is 0 Å². The number of anilines is 1. The summed E-state index contributed by atoms with van der Waals surface area (Å²) < 4.78 is 6.70. The SMILES string of the molecule is Cn1ccnc1[C@@H]1N(C(=O)c2ccon2)CC[C@]12C(=O)Nc1ccccc12. The number of amides is 2. The molecule has 2 aliphatic heterocycles. The van der Waals surface area contributed by atoms with E-state index < -0.39 is 11.5 Å². The summed E-state index contributed by atoms with van der Waals surface area (Å²) in [4.78, 5) is 32.5. The molecule has 0 aliphatic carbocycles. The highest BCUT2D eigenvalue weighted by molar-refractivity contribution is 6.08. The van der Waals surface area contributed by atoms with Crippen molar-refractivity contribution in [2.45, 2.75) is 17.9 Å². The molecule has 0 radical (unpaired) electrons. The van der Waals surface area contributed by atoms with Crippen molar-refractivity contribution in [3.8, 4) is 0 Å². The zero-order valence-electron chi connectivity index (χ0n) is 14.6. The molecule has 3 aromatic rings. The Bertz CT molecular complexity index is 1040. The number of para-hydroxylation sites is 1. The number of carbonyl (C=O) groups is 2. The van der Waals surface area contributed by atoms with E-state index in [-0.39, 0.29) is 17.5 Å². The minimum Gasteiger partial charge on any atom is -0.364 e. The van der Waals surface area contributed by atoms with Crippen molar-refractivity contribution >= 4 is 17.5 Å². The molecule has 0 saturated carbocycles. The molecule has 2 aromatic heterocycles. The third kappa shape index (κ3) is 2.03. The van der Waals surface area contributed by atoms with E-state index in [1.54, 1.807) is 11.1 Å². The van der Waals surface area contributed by atoms with Gasteiger partial charge in [-0.3, -0.25) is 9.59 Å². The summed E-state index contributed by atoms with van der Waals surface area (Å²) in [5.74, 6) is 0.286. The summed E-state index contributed by atoms with van der Waals surface area (Å²) in [5.41, 5.74) is 1.03. The van der Waals surface area contributed by atoms with Crippen LogP contribution in [0.2, 0.25) is 0 Å². The van der Waals surface area contributed by atoms with Gasteiger partial charge in [0.1, 0.15) is 23.5 Å². The number of rotatable bonds is 2. The molecular weight excluding hydrogens is 346 g/mol. The Labute approximate surface area is 154 Å². The first kappa shape index (κ1) is 15.8. The van der Waals surface area contributed by atoms with Crippen LogP contribution in [-0.4, -0.2) is 38.0 Å². The van der Waals surface area contributed by atoms with Gasteiger partial charge in [0.2, 0.25) is 5.91 Å². The highest BCUT2D eigenvalue weighted by Gasteiger charge is 2.60. The van der Waals surface area contributed by atoms with Gasteiger partial charge in [0, 0.05) is 37.7 Å². The second-order valence-corrected chi connectivity index (χ2v) is 6.90. The van der Waals surface area contributed by atoms with Gasteiger partial charge in [0.05, 0.1) is 0 Å². The molecule has 1 fully saturated rings. The van der Waals surface area contributed by atoms with E-state index >= 15 is 0 Å². The van der Waals surface area contributed by atoms with E-state index in [1.165, 1.54) is 12.3 Å². The van der Waals surface area contributed by atoms with Crippen LogP contribution in [0.1, 0.15) is 34.3 Å². The molecule has 2 atom stereocenters. The second-order valence-electron chi connectivity index (χ2n) is 6.90. The second kappa shape index (κ2) is 5.54. The zero-order valence-corrected chi connectivity index (χ0v) is 14.6. The van der Waals surface area contributed by atoms with Crippen LogP contribution in [0, 0.1) is 0 Å². The van der Waals surface area contributed by atoms with Gasteiger partial charge >= 0.3 is 0 Å². The zero-order chi connectivity index (χ0) is 18.6. The summed E-state index contributed by atoms with van der Waals surface area (Å²) in [6, 6.07) is 8.64. The van der Waals surface area contributed by atoms with E-state index in [9.17, 15) is 9.59 Å². The molecule has 1 saturated heterocycles. The fourth-order valence-corrected chi connectivity index (χ4v) is 4.37. The van der Waals surface area contributed by atoms with Gasteiger partial charge in [0.25, 0.3) is 5.91 Å². The fourth-order valence-electron chi connectivity index (χ4n) is 4.37. The van der Waals surface area contributed by atoms with Crippen molar-refractivity contribution in [3.05, 3.63) is 66.1 Å². The Kier molecular flexibility index (Phi) is 3.24. The Morgan fingerprint density at radius 1 is 1.33 bits per heavy atom. The monoisotopic (exact) mass is 363 g/mol. The Balaban J connectivity index is 1.70. The van der Waals surface area contributed by atoms with Crippen LogP contribution in [0.4, 0.5) is 5.69 Å². The number of imidazole rings is 1. The highest BCUT2D eigenvalue weighted by Crippen LogP contribution is 2.54. The Morgan fingerprint density at radius 2 is 2.19 bits per heavy atom. The molecule has 0 bridgehead atoms. The van der Waals surface area contributed by atoms with Crippen molar-refractivity contribution in [1.29, 1.82) is 0 Å². The molecule has 2 aliphatic rings. The normalized spacial score (nSPS) is 23.7. The minimum absolute atomic E-state index is 0.104. The third-order valence-electron chi connectivity index (χ3n) is 5.61. The molecule has 1 aromatic carbocycles. The molecule has 8 heteroatoms. The lowest BCUT2D eigenvalue weighted by atomic mass is 9.74. The van der Waals surface area contributed by atoms with Crippen molar-refractivity contribution in [1.82, 2.24) is 19.6 Å². The first-order valence-electron chi connectivity index (χ1n) is 8.72. The predicted molar refractivity (Wildman–Crippen MR) is 94.9 cm³/mol. The van der Waals surface area contributed by atoms with Gasteiger partial charge < -0.3 is 19.3 Å². The first-order valence-corrected chi connectivity index (χ1v) is 8.72. The number of nitrogens with zero attached hydrogens (tertiary/aromatic N) is 4. The molecule has 1 N–H and O–H groups in total. The molecule has 5 rings (SSSR count). The van der Waals surface area contributed by atoms with Crippen molar-refractivity contribution in [2.24, 2.45) is 7.05 Å². The van der Waals surface area contributed by atoms with Crippen molar-refractivity contribution in [2.75, 3.05) is 11.9 Å². The maximum absolute atomic E-state index is 13.2. The lowest BCUT2D eigenvalue weighted by Crippen LogP contribution is -2.43. The summed E-state index contributed by atoms with van der Waals surface area (Å²) in [5, 5.41) is 6.77. The number of aromatic nitrogens is 3. The van der Waals surface area contributed by atoms with Gasteiger partial charge in [-0.05, 0) is 18.1 Å². The third-order valence-corrected chi connectivity index (χ3v) is 5.61. The number of nitrogens with one attached hydrogen (secondary N) is 1. The molecule has 27 heavy (non-hydrogen) atoms. The number of hydrogen-bond acceptors (Lipinski definition) is 5. The average Bonchev–Trinajstić information content (AvgIpc) is 3.44. The average molecular weight is 363 g/mol. The number of aryl methyl sites for hydroxylation is 1. The molecule has 8 nitrogen and oxygen atoms in total. The van der Waals surface area contributed by atoms with Crippen LogP contribution < -0.4 is 5.32 Å². The largest absolute Gasteiger partial charge is 0.364 e. The van der Waals surface area contributed by atoms with Gasteiger partial charge in [-0.1, -0.05) is 23.4 Å². The number of benzene rings is 1. The van der Waals surface area contributed by atoms with Crippen LogP contribution in [0.25, 0.3) is 0 Å². The van der Waals surface area contributed by atoms with E-state index in [4.69, 9.17) is 4.52 Å². The maximum atomic E-state index is 13.2. The molecule has 4 heterocycles.